The number of hydrogen-bond donors (Lipinski definition) is 2. The van der Waals surface area contributed by atoms with Gasteiger partial charge in [0.15, 0.2) is 0 Å². The molecule has 37 heavy (non-hydrogen) atoms. The number of carbonyl (C=O) groups excluding carboxylic acids is 1. The third-order valence-electron chi connectivity index (χ3n) is 8.11. The van der Waals surface area contributed by atoms with Gasteiger partial charge < -0.3 is 9.64 Å². The lowest BCUT2D eigenvalue weighted by Gasteiger charge is -2.59. The Kier molecular flexibility index (Phi) is 9.67. The molecule has 1 heterocycles. The Hall–Kier alpha value is -0.520. The summed E-state index contributed by atoms with van der Waals surface area (Å²) < 4.78 is 71.1. The smallest absolute Gasteiger partial charge is 0.381 e. The summed E-state index contributed by atoms with van der Waals surface area (Å²) in [6, 6.07) is -0.216. The van der Waals surface area contributed by atoms with Crippen molar-refractivity contribution in [2.24, 2.45) is 11.3 Å². The van der Waals surface area contributed by atoms with E-state index in [2.05, 4.69) is 4.74 Å². The topological polar surface area (TPSA) is 79.2 Å². The van der Waals surface area contributed by atoms with E-state index in [9.17, 15) is 27.1 Å². The lowest BCUT2D eigenvalue weighted by molar-refractivity contribution is -0.337. The molecule has 1 aliphatic heterocycles. The number of allylic oxidation sites excluding steroid dienone is 1. The minimum Gasteiger partial charge on any atom is -0.381 e. The molecule has 0 spiro atoms. The van der Waals surface area contributed by atoms with Crippen molar-refractivity contribution in [2.75, 3.05) is 13.2 Å². The van der Waals surface area contributed by atoms with Crippen LogP contribution < -0.4 is 0 Å². The molecule has 11 heteroatoms. The molecule has 1 saturated heterocycles. The van der Waals surface area contributed by atoms with Crippen LogP contribution >= 0.6 is 22.2 Å². The zero-order chi connectivity index (χ0) is 27.8. The van der Waals surface area contributed by atoms with Crippen molar-refractivity contribution in [3.05, 3.63) is 11.0 Å². The van der Waals surface area contributed by atoms with Gasteiger partial charge in [-0.3, -0.25) is 18.6 Å². The molecule has 6 nitrogen and oxygen atoms in total. The Labute approximate surface area is 225 Å². The SMILES string of the molecule is CC(C)N(C(=O)C(C)(C)C)C1CCC(C2(S(O)(O)C3=CC(OC(F)(F)F)CCC3)CCOCC2)CC1Cl. The fraction of sp³-hybridized carbons (Fsp3) is 0.885. The van der Waals surface area contributed by atoms with Crippen molar-refractivity contribution in [1.29, 1.82) is 0 Å². The van der Waals surface area contributed by atoms with E-state index in [-0.39, 0.29) is 40.6 Å². The lowest BCUT2D eigenvalue weighted by Crippen LogP contribution is -2.57. The molecular weight excluding hydrogens is 531 g/mol. The number of halogens is 4. The lowest BCUT2D eigenvalue weighted by atomic mass is 9.73. The van der Waals surface area contributed by atoms with Crippen molar-refractivity contribution in [3.63, 3.8) is 0 Å². The van der Waals surface area contributed by atoms with Gasteiger partial charge in [0, 0.05) is 35.6 Å². The summed E-state index contributed by atoms with van der Waals surface area (Å²) in [5.41, 5.74) is -0.558. The van der Waals surface area contributed by atoms with Gasteiger partial charge >= 0.3 is 6.36 Å². The van der Waals surface area contributed by atoms with Gasteiger partial charge in [-0.15, -0.1) is 24.8 Å². The van der Waals surface area contributed by atoms with Crippen LogP contribution in [0, 0.1) is 11.3 Å². The third-order valence-corrected chi connectivity index (χ3v) is 11.5. The van der Waals surface area contributed by atoms with Crippen LogP contribution in [0.1, 0.15) is 86.0 Å². The number of amides is 1. The summed E-state index contributed by atoms with van der Waals surface area (Å²) in [5, 5.41) is -0.385. The van der Waals surface area contributed by atoms with E-state index >= 15 is 0 Å². The number of ether oxygens (including phenoxy) is 2. The van der Waals surface area contributed by atoms with Crippen LogP contribution in [0.25, 0.3) is 0 Å². The zero-order valence-corrected chi connectivity index (χ0v) is 24.1. The van der Waals surface area contributed by atoms with E-state index in [0.29, 0.717) is 58.2 Å². The Morgan fingerprint density at radius 3 is 2.32 bits per heavy atom. The molecule has 1 saturated carbocycles. The molecule has 0 aromatic heterocycles. The summed E-state index contributed by atoms with van der Waals surface area (Å²) in [5.74, 6) is -0.131. The first-order valence-electron chi connectivity index (χ1n) is 13.3. The highest BCUT2D eigenvalue weighted by Gasteiger charge is 2.54. The highest BCUT2D eigenvalue weighted by molar-refractivity contribution is 8.28. The predicted molar refractivity (Wildman–Crippen MR) is 141 cm³/mol. The minimum absolute atomic E-state index is 0.0322. The van der Waals surface area contributed by atoms with E-state index in [1.165, 1.54) is 6.08 Å². The average molecular weight is 574 g/mol. The van der Waals surface area contributed by atoms with Gasteiger partial charge in [-0.05, 0) is 77.2 Å². The highest BCUT2D eigenvalue weighted by Crippen LogP contribution is 2.69. The molecule has 0 bridgehead atoms. The second-order valence-corrected chi connectivity index (χ2v) is 15.0. The van der Waals surface area contributed by atoms with Gasteiger partial charge in [0.25, 0.3) is 0 Å². The molecule has 0 aromatic carbocycles. The van der Waals surface area contributed by atoms with Crippen molar-refractivity contribution in [1.82, 2.24) is 4.90 Å². The molecule has 3 rings (SSSR count). The molecule has 0 radical (unpaired) electrons. The summed E-state index contributed by atoms with van der Waals surface area (Å²) in [6.45, 7) is 10.3. The number of hydrogen-bond acceptors (Lipinski definition) is 5. The predicted octanol–water partition coefficient (Wildman–Crippen LogP) is 7.32. The van der Waals surface area contributed by atoms with Crippen molar-refractivity contribution in [2.45, 2.75) is 121 Å². The fourth-order valence-electron chi connectivity index (χ4n) is 6.30. The largest absolute Gasteiger partial charge is 0.523 e. The molecule has 4 atom stereocenters. The third kappa shape index (κ3) is 6.80. The normalized spacial score (nSPS) is 30.1. The first-order valence-corrected chi connectivity index (χ1v) is 15.3. The van der Waals surface area contributed by atoms with Gasteiger partial charge in [0.2, 0.25) is 5.91 Å². The van der Waals surface area contributed by atoms with Gasteiger partial charge in [-0.25, -0.2) is 0 Å². The molecule has 3 aliphatic rings. The Bertz CT molecular complexity index is 839. The van der Waals surface area contributed by atoms with Crippen LogP contribution in [0.15, 0.2) is 11.0 Å². The van der Waals surface area contributed by atoms with Gasteiger partial charge in [-0.2, -0.15) is 10.6 Å². The monoisotopic (exact) mass is 573 g/mol. The maximum atomic E-state index is 13.3. The van der Waals surface area contributed by atoms with Crippen LogP contribution in [0.2, 0.25) is 0 Å². The maximum Gasteiger partial charge on any atom is 0.523 e. The Balaban J connectivity index is 1.89. The van der Waals surface area contributed by atoms with Crippen LogP contribution in [-0.2, 0) is 14.3 Å². The standard InChI is InChI=1S/C26H43ClF3NO5S/c1-17(2)31(23(32)24(3,4)5)22-10-9-18(15-21(22)27)25(11-13-35-14-12-25)37(33,34)20-8-6-7-19(16-20)36-26(28,29)30/h16-19,21-22,33-34H,6-15H2,1-5H3. The number of rotatable bonds is 6. The maximum absolute atomic E-state index is 13.3. The van der Waals surface area contributed by atoms with Crippen molar-refractivity contribution < 1.29 is 36.5 Å². The minimum atomic E-state index is -4.79. The molecule has 216 valence electrons. The van der Waals surface area contributed by atoms with Crippen LogP contribution in [-0.4, -0.2) is 67.8 Å². The zero-order valence-electron chi connectivity index (χ0n) is 22.5. The fourth-order valence-corrected chi connectivity index (χ4v) is 9.47. The molecular formula is C26H43ClF3NO5S. The second-order valence-electron chi connectivity index (χ2n) is 12.0. The van der Waals surface area contributed by atoms with Crippen molar-refractivity contribution in [3.8, 4) is 0 Å². The number of carbonyl (C=O) groups is 1. The summed E-state index contributed by atoms with van der Waals surface area (Å²) in [4.78, 5) is 15.4. The van der Waals surface area contributed by atoms with E-state index in [1.54, 1.807) is 0 Å². The van der Waals surface area contributed by atoms with E-state index in [4.69, 9.17) is 16.3 Å². The van der Waals surface area contributed by atoms with Gasteiger partial charge in [0.1, 0.15) is 0 Å². The van der Waals surface area contributed by atoms with E-state index in [1.807, 2.05) is 39.5 Å². The molecule has 0 aromatic rings. The van der Waals surface area contributed by atoms with Gasteiger partial charge in [0.05, 0.1) is 16.2 Å². The molecule has 1 amide bonds. The summed E-state index contributed by atoms with van der Waals surface area (Å²) >= 11 is 6.98. The molecule has 2 fully saturated rings. The second kappa shape index (κ2) is 11.5. The first-order chi connectivity index (χ1) is 17.0. The van der Waals surface area contributed by atoms with Crippen LogP contribution in [0.5, 0.6) is 0 Å². The van der Waals surface area contributed by atoms with E-state index < -0.39 is 33.2 Å². The molecule has 4 unspecified atom stereocenters. The Morgan fingerprint density at radius 1 is 1.19 bits per heavy atom. The van der Waals surface area contributed by atoms with Crippen molar-refractivity contribution >= 4 is 28.1 Å². The summed E-state index contributed by atoms with van der Waals surface area (Å²) in [6.07, 6.45) is -1.31. The quantitative estimate of drug-likeness (QED) is 0.325. The Morgan fingerprint density at radius 2 is 1.81 bits per heavy atom. The average Bonchev–Trinajstić information content (AvgIpc) is 2.78. The number of alkyl halides is 4. The van der Waals surface area contributed by atoms with Crippen LogP contribution in [0.3, 0.4) is 0 Å². The summed E-state index contributed by atoms with van der Waals surface area (Å²) in [7, 11) is -3.46. The molecule has 2 aliphatic carbocycles. The van der Waals surface area contributed by atoms with Crippen LogP contribution in [0.4, 0.5) is 13.2 Å². The number of nitrogens with zero attached hydrogens (tertiary/aromatic N) is 1. The molecule has 2 N–H and O–H groups in total. The van der Waals surface area contributed by atoms with E-state index in [0.717, 1.165) is 0 Å². The van der Waals surface area contributed by atoms with Gasteiger partial charge in [-0.1, -0.05) is 20.8 Å². The first kappa shape index (κ1) is 31.0. The highest BCUT2D eigenvalue weighted by atomic mass is 35.5.